The highest BCUT2D eigenvalue weighted by Gasteiger charge is 2.23. The van der Waals surface area contributed by atoms with Crippen molar-refractivity contribution < 1.29 is 9.47 Å². The number of aromatic amines is 1. The third kappa shape index (κ3) is 2.24. The summed E-state index contributed by atoms with van der Waals surface area (Å²) in [6, 6.07) is 9.67. The minimum Gasteiger partial charge on any atom is -0.490 e. The minimum absolute atomic E-state index is 0.138. The largest absolute Gasteiger partial charge is 0.490 e. The van der Waals surface area contributed by atoms with Gasteiger partial charge in [-0.25, -0.2) is 0 Å². The zero-order valence-electron chi connectivity index (χ0n) is 11.2. The van der Waals surface area contributed by atoms with Crippen LogP contribution in [0.2, 0.25) is 0 Å². The summed E-state index contributed by atoms with van der Waals surface area (Å²) in [5.74, 6) is 0.795. The van der Waals surface area contributed by atoms with E-state index in [1.54, 1.807) is 6.20 Å². The molecule has 0 radical (unpaired) electrons. The Balaban J connectivity index is 1.45. The molecule has 6 heteroatoms. The molecule has 3 aromatic rings. The highest BCUT2D eigenvalue weighted by molar-refractivity contribution is 5.80. The van der Waals surface area contributed by atoms with Gasteiger partial charge in [-0.1, -0.05) is 0 Å². The zero-order valence-corrected chi connectivity index (χ0v) is 11.2. The molecule has 2 aromatic heterocycles. The second-order valence-electron chi connectivity index (χ2n) is 4.98. The minimum atomic E-state index is -0.291. The highest BCUT2D eigenvalue weighted by Crippen LogP contribution is 2.21. The molecule has 1 aliphatic heterocycles. The van der Waals surface area contributed by atoms with Crippen LogP contribution in [0.1, 0.15) is 0 Å². The number of hydrogen-bond acceptors (Lipinski definition) is 4. The number of nitrogens with zero attached hydrogens (tertiary/aromatic N) is 2. The molecule has 6 nitrogen and oxygen atoms in total. The lowest BCUT2D eigenvalue weighted by Gasteiger charge is -2.11. The maximum absolute atomic E-state index is 11.2. The topological polar surface area (TPSA) is 69.1 Å². The molecule has 0 spiro atoms. The average molecular weight is 283 g/mol. The first-order valence-corrected chi connectivity index (χ1v) is 6.72. The number of hydrogen-bond donors (Lipinski definition) is 1. The SMILES string of the molecule is O=c1ccn2c(n1)OC(COc1ccc3[nH]ccc3c1)C2. The maximum Gasteiger partial charge on any atom is 0.300 e. The number of rotatable bonds is 3. The van der Waals surface area contributed by atoms with Gasteiger partial charge < -0.3 is 14.5 Å². The summed E-state index contributed by atoms with van der Waals surface area (Å²) >= 11 is 0. The second-order valence-corrected chi connectivity index (χ2v) is 4.98. The van der Waals surface area contributed by atoms with Crippen LogP contribution in [-0.4, -0.2) is 27.2 Å². The van der Waals surface area contributed by atoms with Gasteiger partial charge in [0, 0.05) is 29.4 Å². The Bertz CT molecular complexity index is 852. The van der Waals surface area contributed by atoms with Crippen LogP contribution in [0.4, 0.5) is 0 Å². The Hall–Kier alpha value is -2.76. The summed E-state index contributed by atoms with van der Waals surface area (Å²) in [5, 5.41) is 1.11. The predicted molar refractivity (Wildman–Crippen MR) is 76.7 cm³/mol. The van der Waals surface area contributed by atoms with Crippen molar-refractivity contribution in [3.8, 4) is 11.8 Å². The molecule has 21 heavy (non-hydrogen) atoms. The van der Waals surface area contributed by atoms with Crippen LogP contribution >= 0.6 is 0 Å². The highest BCUT2D eigenvalue weighted by atomic mass is 16.6. The van der Waals surface area contributed by atoms with Crippen molar-refractivity contribution in [2.75, 3.05) is 6.61 Å². The Morgan fingerprint density at radius 3 is 3.29 bits per heavy atom. The number of H-pyrrole nitrogens is 1. The fraction of sp³-hybridized carbons (Fsp3) is 0.200. The average Bonchev–Trinajstić information content (AvgIpc) is 3.09. The summed E-state index contributed by atoms with van der Waals surface area (Å²) in [4.78, 5) is 18.1. The van der Waals surface area contributed by atoms with Crippen molar-refractivity contribution in [1.82, 2.24) is 14.5 Å². The smallest absolute Gasteiger partial charge is 0.300 e. The van der Waals surface area contributed by atoms with E-state index in [1.807, 2.05) is 35.0 Å². The quantitative estimate of drug-likeness (QED) is 0.792. The molecule has 0 bridgehead atoms. The molecule has 1 N–H and O–H groups in total. The van der Waals surface area contributed by atoms with E-state index in [-0.39, 0.29) is 11.7 Å². The van der Waals surface area contributed by atoms with Gasteiger partial charge in [0.2, 0.25) is 0 Å². The predicted octanol–water partition coefficient (Wildman–Crippen LogP) is 1.56. The van der Waals surface area contributed by atoms with E-state index in [1.165, 1.54) is 6.07 Å². The lowest BCUT2D eigenvalue weighted by atomic mass is 10.2. The van der Waals surface area contributed by atoms with E-state index < -0.39 is 0 Å². The van der Waals surface area contributed by atoms with Gasteiger partial charge in [-0.3, -0.25) is 9.36 Å². The molecule has 1 aliphatic rings. The van der Waals surface area contributed by atoms with Gasteiger partial charge in [0.05, 0.1) is 6.54 Å². The molecule has 1 atom stereocenters. The summed E-state index contributed by atoms with van der Waals surface area (Å²) in [7, 11) is 0. The van der Waals surface area contributed by atoms with E-state index in [4.69, 9.17) is 9.47 Å². The molecule has 0 fully saturated rings. The van der Waals surface area contributed by atoms with E-state index in [0.29, 0.717) is 19.2 Å². The first-order chi connectivity index (χ1) is 10.3. The third-order valence-electron chi connectivity index (χ3n) is 3.48. The van der Waals surface area contributed by atoms with Gasteiger partial charge in [0.15, 0.2) is 6.10 Å². The monoisotopic (exact) mass is 283 g/mol. The third-order valence-corrected chi connectivity index (χ3v) is 3.48. The standard InChI is InChI=1S/C15H13N3O3/c19-14-4-6-18-8-12(21-15(18)17-14)9-20-11-1-2-13-10(7-11)3-5-16-13/h1-7,12,16H,8-9H2. The number of ether oxygens (including phenoxy) is 2. The summed E-state index contributed by atoms with van der Waals surface area (Å²) < 4.78 is 13.2. The van der Waals surface area contributed by atoms with Crippen LogP contribution in [0.25, 0.3) is 10.9 Å². The van der Waals surface area contributed by atoms with Crippen molar-refractivity contribution in [2.45, 2.75) is 12.6 Å². The van der Waals surface area contributed by atoms with Gasteiger partial charge in [0.25, 0.3) is 11.6 Å². The van der Waals surface area contributed by atoms with E-state index in [9.17, 15) is 4.79 Å². The van der Waals surface area contributed by atoms with Gasteiger partial charge >= 0.3 is 0 Å². The van der Waals surface area contributed by atoms with E-state index >= 15 is 0 Å². The van der Waals surface area contributed by atoms with Crippen LogP contribution in [0.3, 0.4) is 0 Å². The Labute approximate surface area is 120 Å². The van der Waals surface area contributed by atoms with Crippen LogP contribution in [0.15, 0.2) is 47.5 Å². The molecule has 3 heterocycles. The van der Waals surface area contributed by atoms with Crippen LogP contribution in [0.5, 0.6) is 11.8 Å². The first-order valence-electron chi connectivity index (χ1n) is 6.72. The van der Waals surface area contributed by atoms with Crippen LogP contribution < -0.4 is 15.0 Å². The fourth-order valence-corrected chi connectivity index (χ4v) is 2.45. The van der Waals surface area contributed by atoms with Crippen molar-refractivity contribution in [1.29, 1.82) is 0 Å². The van der Waals surface area contributed by atoms with Gasteiger partial charge in [-0.2, -0.15) is 4.98 Å². The van der Waals surface area contributed by atoms with Crippen LogP contribution in [-0.2, 0) is 6.54 Å². The fourth-order valence-electron chi connectivity index (χ4n) is 2.45. The van der Waals surface area contributed by atoms with Crippen molar-refractivity contribution in [2.24, 2.45) is 0 Å². The Morgan fingerprint density at radius 2 is 2.33 bits per heavy atom. The molecule has 0 aliphatic carbocycles. The molecule has 0 saturated heterocycles. The van der Waals surface area contributed by atoms with Crippen molar-refractivity contribution in [3.63, 3.8) is 0 Å². The Kier molecular flexibility index (Phi) is 2.67. The molecule has 4 rings (SSSR count). The van der Waals surface area contributed by atoms with E-state index in [2.05, 4.69) is 9.97 Å². The van der Waals surface area contributed by atoms with Gasteiger partial charge in [-0.05, 0) is 24.3 Å². The molecule has 0 amide bonds. The van der Waals surface area contributed by atoms with E-state index in [0.717, 1.165) is 16.7 Å². The van der Waals surface area contributed by atoms with Crippen molar-refractivity contribution >= 4 is 10.9 Å². The van der Waals surface area contributed by atoms with Crippen LogP contribution in [0, 0.1) is 0 Å². The number of benzene rings is 1. The maximum atomic E-state index is 11.2. The van der Waals surface area contributed by atoms with Gasteiger partial charge in [0.1, 0.15) is 12.4 Å². The van der Waals surface area contributed by atoms with Gasteiger partial charge in [-0.15, -0.1) is 0 Å². The second kappa shape index (κ2) is 4.66. The Morgan fingerprint density at radius 1 is 1.38 bits per heavy atom. The number of fused-ring (bicyclic) bond motifs is 2. The number of aromatic nitrogens is 3. The number of nitrogens with one attached hydrogen (secondary N) is 1. The molecular formula is C15H13N3O3. The summed E-state index contributed by atoms with van der Waals surface area (Å²) in [5.41, 5.74) is 0.787. The normalized spacial score (nSPS) is 16.7. The molecular weight excluding hydrogens is 270 g/mol. The lowest BCUT2D eigenvalue weighted by Crippen LogP contribution is -2.23. The zero-order chi connectivity index (χ0) is 14.2. The summed E-state index contributed by atoms with van der Waals surface area (Å²) in [6.07, 6.45) is 3.45. The lowest BCUT2D eigenvalue weighted by molar-refractivity contribution is 0.144. The molecule has 1 aromatic carbocycles. The molecule has 1 unspecified atom stereocenters. The van der Waals surface area contributed by atoms with Crippen molar-refractivity contribution in [3.05, 3.63) is 53.1 Å². The summed E-state index contributed by atoms with van der Waals surface area (Å²) in [6.45, 7) is 1.04. The molecule has 0 saturated carbocycles. The molecule has 106 valence electrons. The first kappa shape index (κ1) is 12.0.